The van der Waals surface area contributed by atoms with E-state index in [1.807, 2.05) is 6.92 Å². The van der Waals surface area contributed by atoms with E-state index in [9.17, 15) is 13.2 Å². The topological polar surface area (TPSA) is 29.9 Å². The van der Waals surface area contributed by atoms with Crippen molar-refractivity contribution in [3.63, 3.8) is 0 Å². The fourth-order valence-electron chi connectivity index (χ4n) is 1.71. The van der Waals surface area contributed by atoms with Gasteiger partial charge in [0, 0.05) is 12.7 Å². The van der Waals surface area contributed by atoms with Gasteiger partial charge in [0.1, 0.15) is 0 Å². The van der Waals surface area contributed by atoms with Crippen LogP contribution in [0.4, 0.5) is 13.2 Å². The molecule has 1 heterocycles. The summed E-state index contributed by atoms with van der Waals surface area (Å²) in [6.45, 7) is 3.39. The normalized spacial score (nSPS) is 11.8. The number of hydrogen-bond donors (Lipinski definition) is 1. The van der Waals surface area contributed by atoms with Crippen molar-refractivity contribution in [2.45, 2.75) is 19.6 Å². The zero-order chi connectivity index (χ0) is 14.8. The number of alkyl halides is 3. The molecule has 0 spiro atoms. The summed E-state index contributed by atoms with van der Waals surface area (Å²) in [5.41, 5.74) is 0.441. The summed E-state index contributed by atoms with van der Waals surface area (Å²) < 4.78 is 39.1. The fourth-order valence-corrected chi connectivity index (χ4v) is 1.98. The van der Waals surface area contributed by atoms with Gasteiger partial charge in [0.15, 0.2) is 0 Å². The molecule has 0 atom stereocenters. The van der Waals surface area contributed by atoms with Crippen molar-refractivity contribution in [3.05, 3.63) is 46.7 Å². The molecule has 0 fully saturated rings. The Labute approximate surface area is 119 Å². The van der Waals surface area contributed by atoms with Gasteiger partial charge in [-0.1, -0.05) is 18.5 Å². The van der Waals surface area contributed by atoms with E-state index < -0.39 is 11.7 Å². The predicted octanol–water partition coefficient (Wildman–Crippen LogP) is 3.65. The Morgan fingerprint density at radius 2 is 2.05 bits per heavy atom. The van der Waals surface area contributed by atoms with Crippen molar-refractivity contribution in [1.29, 1.82) is 0 Å². The molecule has 0 bridgehead atoms. The Morgan fingerprint density at radius 3 is 2.65 bits per heavy atom. The highest BCUT2D eigenvalue weighted by atomic mass is 35.5. The van der Waals surface area contributed by atoms with Crippen LogP contribution in [0.3, 0.4) is 0 Å². The minimum absolute atomic E-state index is 0.0120. The van der Waals surface area contributed by atoms with Gasteiger partial charge in [0.05, 0.1) is 22.0 Å². The predicted molar refractivity (Wildman–Crippen MR) is 71.0 cm³/mol. The molecule has 20 heavy (non-hydrogen) atoms. The number of nitrogens with one attached hydrogen (secondary N) is 1. The molecule has 0 unspecified atom stereocenters. The standard InChI is InChI=1S/C13H13ClF3N3/c1-2-18-8-10-5-6-20(19-10)12-4-3-9(7-11(12)14)13(15,16)17/h3-7,18H,2,8H2,1H3. The van der Waals surface area contributed by atoms with Gasteiger partial charge in [-0.15, -0.1) is 0 Å². The van der Waals surface area contributed by atoms with Crippen molar-refractivity contribution < 1.29 is 13.2 Å². The molecular formula is C13H13ClF3N3. The van der Waals surface area contributed by atoms with Crippen molar-refractivity contribution in [2.24, 2.45) is 0 Å². The van der Waals surface area contributed by atoms with E-state index in [0.717, 1.165) is 24.4 Å². The zero-order valence-electron chi connectivity index (χ0n) is 10.7. The van der Waals surface area contributed by atoms with Gasteiger partial charge in [-0.25, -0.2) is 4.68 Å². The fraction of sp³-hybridized carbons (Fsp3) is 0.308. The van der Waals surface area contributed by atoms with E-state index in [1.165, 1.54) is 10.7 Å². The van der Waals surface area contributed by atoms with Crippen molar-refractivity contribution in [2.75, 3.05) is 6.54 Å². The Balaban J connectivity index is 2.27. The molecule has 0 saturated heterocycles. The Bertz CT molecular complexity index is 593. The van der Waals surface area contributed by atoms with Crippen LogP contribution in [0, 0.1) is 0 Å². The number of nitrogens with zero attached hydrogens (tertiary/aromatic N) is 2. The number of hydrogen-bond acceptors (Lipinski definition) is 2. The minimum atomic E-state index is -4.40. The maximum atomic E-state index is 12.6. The van der Waals surface area contributed by atoms with Crippen LogP contribution in [0.1, 0.15) is 18.2 Å². The molecule has 7 heteroatoms. The van der Waals surface area contributed by atoms with Crippen LogP contribution in [-0.4, -0.2) is 16.3 Å². The largest absolute Gasteiger partial charge is 0.416 e. The lowest BCUT2D eigenvalue weighted by Gasteiger charge is -2.10. The van der Waals surface area contributed by atoms with Crippen LogP contribution in [0.25, 0.3) is 5.69 Å². The van der Waals surface area contributed by atoms with E-state index >= 15 is 0 Å². The first kappa shape index (κ1) is 14.9. The van der Waals surface area contributed by atoms with Gasteiger partial charge in [-0.05, 0) is 30.8 Å². The smallest absolute Gasteiger partial charge is 0.311 e. The first-order valence-corrected chi connectivity index (χ1v) is 6.42. The minimum Gasteiger partial charge on any atom is -0.311 e. The summed E-state index contributed by atoms with van der Waals surface area (Å²) in [7, 11) is 0. The second-order valence-electron chi connectivity index (χ2n) is 4.20. The maximum absolute atomic E-state index is 12.6. The highest BCUT2D eigenvalue weighted by Gasteiger charge is 2.31. The van der Waals surface area contributed by atoms with Crippen molar-refractivity contribution >= 4 is 11.6 Å². The highest BCUT2D eigenvalue weighted by molar-refractivity contribution is 6.32. The number of halogens is 4. The van der Waals surface area contributed by atoms with Crippen molar-refractivity contribution in [3.8, 4) is 5.69 Å². The quantitative estimate of drug-likeness (QED) is 0.934. The lowest BCUT2D eigenvalue weighted by Crippen LogP contribution is -2.12. The lowest BCUT2D eigenvalue weighted by atomic mass is 10.2. The highest BCUT2D eigenvalue weighted by Crippen LogP contribution is 2.33. The van der Waals surface area contributed by atoms with Gasteiger partial charge in [0.25, 0.3) is 0 Å². The molecule has 108 valence electrons. The van der Waals surface area contributed by atoms with E-state index in [0.29, 0.717) is 12.2 Å². The maximum Gasteiger partial charge on any atom is 0.416 e. The van der Waals surface area contributed by atoms with E-state index in [2.05, 4.69) is 10.4 Å². The van der Waals surface area contributed by atoms with Crippen LogP contribution in [-0.2, 0) is 12.7 Å². The second kappa shape index (κ2) is 5.85. The molecule has 0 amide bonds. The molecule has 1 aromatic heterocycles. The van der Waals surface area contributed by atoms with Gasteiger partial charge >= 0.3 is 6.18 Å². The molecule has 2 aromatic rings. The van der Waals surface area contributed by atoms with Crippen LogP contribution >= 0.6 is 11.6 Å². The summed E-state index contributed by atoms with van der Waals surface area (Å²) in [4.78, 5) is 0. The second-order valence-corrected chi connectivity index (χ2v) is 4.60. The average Bonchev–Trinajstić information content (AvgIpc) is 2.83. The molecule has 1 aromatic carbocycles. The summed E-state index contributed by atoms with van der Waals surface area (Å²) in [6.07, 6.45) is -2.73. The van der Waals surface area contributed by atoms with Gasteiger partial charge < -0.3 is 5.32 Å². The molecule has 0 aliphatic carbocycles. The molecule has 0 radical (unpaired) electrons. The zero-order valence-corrected chi connectivity index (χ0v) is 11.5. The third-order valence-electron chi connectivity index (χ3n) is 2.72. The molecular weight excluding hydrogens is 291 g/mol. The van der Waals surface area contributed by atoms with E-state index in [-0.39, 0.29) is 5.02 Å². The monoisotopic (exact) mass is 303 g/mol. The van der Waals surface area contributed by atoms with E-state index in [1.54, 1.807) is 12.3 Å². The Hall–Kier alpha value is -1.53. The summed E-state index contributed by atoms with van der Waals surface area (Å²) in [5, 5.41) is 7.39. The molecule has 0 saturated carbocycles. The first-order chi connectivity index (χ1) is 9.41. The van der Waals surface area contributed by atoms with Crippen molar-refractivity contribution in [1.82, 2.24) is 15.1 Å². The average molecular weight is 304 g/mol. The lowest BCUT2D eigenvalue weighted by molar-refractivity contribution is -0.137. The van der Waals surface area contributed by atoms with Crippen LogP contribution in [0.2, 0.25) is 5.02 Å². The third kappa shape index (κ3) is 3.32. The Morgan fingerprint density at radius 1 is 1.30 bits per heavy atom. The molecule has 3 nitrogen and oxygen atoms in total. The van der Waals surface area contributed by atoms with Crippen LogP contribution in [0.5, 0.6) is 0 Å². The van der Waals surface area contributed by atoms with Crippen LogP contribution in [0.15, 0.2) is 30.5 Å². The van der Waals surface area contributed by atoms with Gasteiger partial charge in [-0.2, -0.15) is 18.3 Å². The SMILES string of the molecule is CCNCc1ccn(-c2ccc(C(F)(F)F)cc2Cl)n1. The number of benzene rings is 1. The summed E-state index contributed by atoms with van der Waals surface area (Å²) in [5.74, 6) is 0. The first-order valence-electron chi connectivity index (χ1n) is 6.04. The number of rotatable bonds is 4. The molecule has 2 rings (SSSR count). The summed E-state index contributed by atoms with van der Waals surface area (Å²) in [6, 6.07) is 5.00. The number of aromatic nitrogens is 2. The van der Waals surface area contributed by atoms with E-state index in [4.69, 9.17) is 11.6 Å². The molecule has 0 aliphatic rings. The molecule has 1 N–H and O–H groups in total. The molecule has 0 aliphatic heterocycles. The van der Waals surface area contributed by atoms with Gasteiger partial charge in [-0.3, -0.25) is 0 Å². The Kier molecular flexibility index (Phi) is 4.35. The van der Waals surface area contributed by atoms with Crippen LogP contribution < -0.4 is 5.32 Å². The van der Waals surface area contributed by atoms with Gasteiger partial charge in [0.2, 0.25) is 0 Å². The third-order valence-corrected chi connectivity index (χ3v) is 3.02. The summed E-state index contributed by atoms with van der Waals surface area (Å²) >= 11 is 5.91.